The third-order valence-electron chi connectivity index (χ3n) is 2.94. The highest BCUT2D eigenvalue weighted by Gasteiger charge is 2.27. The molecule has 1 amide bonds. The molecular formula is C15H31N3O3. The maximum absolute atomic E-state index is 11.8. The second-order valence-corrected chi connectivity index (χ2v) is 6.20. The predicted molar refractivity (Wildman–Crippen MR) is 85.9 cm³/mol. The first-order chi connectivity index (χ1) is 9.30. The Bertz CT molecular complexity index is 343. The quantitative estimate of drug-likeness (QED) is 0.590. The zero-order valence-electron chi connectivity index (χ0n) is 13.3. The number of ether oxygens (including phenoxy) is 2. The van der Waals surface area contributed by atoms with E-state index in [0.717, 1.165) is 18.9 Å². The third-order valence-corrected chi connectivity index (χ3v) is 2.94. The highest BCUT2D eigenvalue weighted by Crippen LogP contribution is 2.20. The van der Waals surface area contributed by atoms with Gasteiger partial charge in [0.05, 0.1) is 13.2 Å². The number of rotatable bonds is 3. The number of hydrogen-bond donors (Lipinski definition) is 0. The van der Waals surface area contributed by atoms with Gasteiger partial charge in [0.2, 0.25) is 0 Å². The Morgan fingerprint density at radius 2 is 1.86 bits per heavy atom. The maximum Gasteiger partial charge on any atom is 0.435 e. The van der Waals surface area contributed by atoms with Gasteiger partial charge in [-0.15, -0.1) is 0 Å². The van der Waals surface area contributed by atoms with E-state index in [2.05, 4.69) is 9.89 Å². The van der Waals surface area contributed by atoms with E-state index in [0.29, 0.717) is 26.4 Å². The molecule has 0 aromatic heterocycles. The molecule has 0 N–H and O–H groups in total. The van der Waals surface area contributed by atoms with Crippen LogP contribution in [-0.4, -0.2) is 75.3 Å². The van der Waals surface area contributed by atoms with Gasteiger partial charge in [0, 0.05) is 25.0 Å². The minimum Gasteiger partial charge on any atom is -0.447 e. The number of aliphatic imine (C=N–C) groups is 1. The molecule has 0 atom stereocenters. The number of nitrogens with zero attached hydrogens (tertiary/aromatic N) is 3. The second-order valence-electron chi connectivity index (χ2n) is 6.20. The Kier molecular flexibility index (Phi) is 8.51. The van der Waals surface area contributed by atoms with Crippen LogP contribution in [0, 0.1) is 5.41 Å². The summed E-state index contributed by atoms with van der Waals surface area (Å²) >= 11 is 0. The zero-order chi connectivity index (χ0) is 15.2. The molecule has 6 heteroatoms. The highest BCUT2D eigenvalue weighted by molar-refractivity contribution is 5.95. The molecule has 124 valence electrons. The Balaban J connectivity index is 0.00000400. The summed E-state index contributed by atoms with van der Waals surface area (Å²) < 4.78 is 10.5. The van der Waals surface area contributed by atoms with Crippen molar-refractivity contribution >= 4 is 11.9 Å². The van der Waals surface area contributed by atoms with Crippen molar-refractivity contribution in [2.45, 2.75) is 28.2 Å². The van der Waals surface area contributed by atoms with Gasteiger partial charge in [0.1, 0.15) is 12.4 Å². The minimum atomic E-state index is -0.511. The van der Waals surface area contributed by atoms with Crippen molar-refractivity contribution in [3.8, 4) is 0 Å². The van der Waals surface area contributed by atoms with Crippen molar-refractivity contribution in [1.29, 1.82) is 0 Å². The van der Waals surface area contributed by atoms with Crippen LogP contribution in [0.4, 0.5) is 4.79 Å². The summed E-state index contributed by atoms with van der Waals surface area (Å²) in [6.45, 7) is 10.1. The first-order valence-electron chi connectivity index (χ1n) is 7.04. The van der Waals surface area contributed by atoms with E-state index in [9.17, 15) is 4.79 Å². The van der Waals surface area contributed by atoms with Crippen LogP contribution in [0.1, 0.15) is 28.2 Å². The van der Waals surface area contributed by atoms with Crippen LogP contribution in [0.3, 0.4) is 0 Å². The standard InChI is InChI=1S/C14H27N3O3.CH4/c1-14(2,3)12(17-7-9-19-10-8-17)15-13(18)20-11-6-16(4)5;/h6-11H2,1-5H3;1H4. The van der Waals surface area contributed by atoms with Crippen molar-refractivity contribution in [2.24, 2.45) is 10.4 Å². The van der Waals surface area contributed by atoms with Gasteiger partial charge in [-0.3, -0.25) is 0 Å². The Labute approximate surface area is 129 Å². The number of carbonyl (C=O) groups excluding carboxylic acids is 1. The molecule has 0 spiro atoms. The molecule has 1 heterocycles. The van der Waals surface area contributed by atoms with Gasteiger partial charge >= 0.3 is 6.09 Å². The van der Waals surface area contributed by atoms with E-state index in [4.69, 9.17) is 9.47 Å². The largest absolute Gasteiger partial charge is 0.447 e. The molecule has 1 fully saturated rings. The molecule has 1 aliphatic rings. The number of likely N-dealkylation sites (N-methyl/N-ethyl adjacent to an activating group) is 1. The van der Waals surface area contributed by atoms with Gasteiger partial charge in [-0.2, -0.15) is 4.99 Å². The Morgan fingerprint density at radius 3 is 2.33 bits per heavy atom. The van der Waals surface area contributed by atoms with Crippen LogP contribution < -0.4 is 0 Å². The fourth-order valence-electron chi connectivity index (χ4n) is 1.92. The topological polar surface area (TPSA) is 54.4 Å². The highest BCUT2D eigenvalue weighted by atomic mass is 16.5. The average molecular weight is 301 g/mol. The summed E-state index contributed by atoms with van der Waals surface area (Å²) in [4.78, 5) is 20.1. The molecular weight excluding hydrogens is 270 g/mol. The molecule has 1 aliphatic heterocycles. The van der Waals surface area contributed by atoms with Crippen LogP contribution in [0.2, 0.25) is 0 Å². The monoisotopic (exact) mass is 301 g/mol. The first-order valence-corrected chi connectivity index (χ1v) is 7.04. The summed E-state index contributed by atoms with van der Waals surface area (Å²) in [6, 6.07) is 0. The van der Waals surface area contributed by atoms with E-state index in [1.54, 1.807) is 0 Å². The van der Waals surface area contributed by atoms with Crippen molar-refractivity contribution in [1.82, 2.24) is 9.80 Å². The number of morpholine rings is 1. The molecule has 0 unspecified atom stereocenters. The van der Waals surface area contributed by atoms with Crippen LogP contribution in [0.25, 0.3) is 0 Å². The summed E-state index contributed by atoms with van der Waals surface area (Å²) in [5.41, 5.74) is -0.197. The fraction of sp³-hybridized carbons (Fsp3) is 0.867. The molecule has 0 radical (unpaired) electrons. The molecule has 0 aromatic carbocycles. The smallest absolute Gasteiger partial charge is 0.435 e. The van der Waals surface area contributed by atoms with Gasteiger partial charge in [-0.05, 0) is 14.1 Å². The van der Waals surface area contributed by atoms with Gasteiger partial charge in [-0.1, -0.05) is 28.2 Å². The van der Waals surface area contributed by atoms with Crippen LogP contribution in [0.15, 0.2) is 4.99 Å². The van der Waals surface area contributed by atoms with E-state index in [-0.39, 0.29) is 12.8 Å². The number of amides is 1. The second kappa shape index (κ2) is 9.00. The normalized spacial score (nSPS) is 16.7. The number of carbonyl (C=O) groups is 1. The summed E-state index contributed by atoms with van der Waals surface area (Å²) in [7, 11) is 3.87. The number of hydrogen-bond acceptors (Lipinski definition) is 4. The maximum atomic E-state index is 11.8. The molecule has 0 bridgehead atoms. The van der Waals surface area contributed by atoms with E-state index < -0.39 is 6.09 Å². The Hall–Kier alpha value is -1.14. The number of amidine groups is 1. The average Bonchev–Trinajstić information content (AvgIpc) is 2.35. The van der Waals surface area contributed by atoms with Crippen molar-refractivity contribution in [3.05, 3.63) is 0 Å². The van der Waals surface area contributed by atoms with E-state index >= 15 is 0 Å². The van der Waals surface area contributed by atoms with Gasteiger partial charge < -0.3 is 19.3 Å². The lowest BCUT2D eigenvalue weighted by atomic mass is 9.93. The summed E-state index contributed by atoms with van der Waals surface area (Å²) in [5.74, 6) is 0.774. The van der Waals surface area contributed by atoms with E-state index in [1.165, 1.54) is 0 Å². The first kappa shape index (κ1) is 19.9. The lowest BCUT2D eigenvalue weighted by molar-refractivity contribution is 0.0642. The lowest BCUT2D eigenvalue weighted by Crippen LogP contribution is -2.46. The van der Waals surface area contributed by atoms with Gasteiger partial charge in [0.15, 0.2) is 0 Å². The predicted octanol–water partition coefficient (Wildman–Crippen LogP) is 2.10. The van der Waals surface area contributed by atoms with Crippen molar-refractivity contribution < 1.29 is 14.3 Å². The minimum absolute atomic E-state index is 0. The molecule has 0 saturated carbocycles. The van der Waals surface area contributed by atoms with Crippen LogP contribution >= 0.6 is 0 Å². The lowest BCUT2D eigenvalue weighted by Gasteiger charge is -2.35. The molecule has 0 aliphatic carbocycles. The molecule has 6 nitrogen and oxygen atoms in total. The summed E-state index contributed by atoms with van der Waals surface area (Å²) in [6.07, 6.45) is -0.511. The zero-order valence-corrected chi connectivity index (χ0v) is 13.3. The molecule has 21 heavy (non-hydrogen) atoms. The third kappa shape index (κ3) is 7.43. The fourth-order valence-corrected chi connectivity index (χ4v) is 1.92. The van der Waals surface area contributed by atoms with Crippen molar-refractivity contribution in [3.63, 3.8) is 0 Å². The molecule has 1 rings (SSSR count). The van der Waals surface area contributed by atoms with Crippen LogP contribution in [-0.2, 0) is 9.47 Å². The van der Waals surface area contributed by atoms with Gasteiger partial charge in [-0.25, -0.2) is 4.79 Å². The van der Waals surface area contributed by atoms with Gasteiger partial charge in [0.25, 0.3) is 0 Å². The van der Waals surface area contributed by atoms with Crippen molar-refractivity contribution in [2.75, 3.05) is 53.6 Å². The summed E-state index contributed by atoms with van der Waals surface area (Å²) in [5, 5.41) is 0. The Morgan fingerprint density at radius 1 is 1.29 bits per heavy atom. The van der Waals surface area contributed by atoms with E-state index in [1.807, 2.05) is 39.8 Å². The molecule has 0 aromatic rings. The molecule has 1 saturated heterocycles. The SMILES string of the molecule is C.CN(C)CCOC(=O)N=C(N1CCOCC1)C(C)(C)C. The van der Waals surface area contributed by atoms with Crippen LogP contribution in [0.5, 0.6) is 0 Å².